The third kappa shape index (κ3) is 5.11. The van der Waals surface area contributed by atoms with Gasteiger partial charge in [-0.25, -0.2) is 9.78 Å². The highest BCUT2D eigenvalue weighted by Crippen LogP contribution is 2.31. The van der Waals surface area contributed by atoms with Crippen molar-refractivity contribution in [3.8, 4) is 5.75 Å². The van der Waals surface area contributed by atoms with Gasteiger partial charge in [-0.1, -0.05) is 34.5 Å². The van der Waals surface area contributed by atoms with Crippen molar-refractivity contribution in [2.45, 2.75) is 6.54 Å². The minimum Gasteiger partial charge on any atom is -0.482 e. The number of halogens is 2. The standard InChI is InChI=1S/C20H19Cl2N3O3S/c21-14-1-2-17-18(10-14)29-20(23-17)25-5-3-24(4-6-25)11-13-7-15(22)9-16(8-13)28-12-19(26)27/h1-2,7-10H,3-6,11-12H2,(H,26,27). The third-order valence-corrected chi connectivity index (χ3v) is 6.21. The van der Waals surface area contributed by atoms with Crippen molar-refractivity contribution in [2.75, 3.05) is 37.7 Å². The maximum absolute atomic E-state index is 10.7. The minimum absolute atomic E-state index is 0.383. The van der Waals surface area contributed by atoms with E-state index in [1.54, 1.807) is 17.4 Å². The van der Waals surface area contributed by atoms with Crippen LogP contribution in [0.1, 0.15) is 5.56 Å². The number of rotatable bonds is 6. The number of fused-ring (bicyclic) bond motifs is 1. The van der Waals surface area contributed by atoms with E-state index in [9.17, 15) is 4.79 Å². The van der Waals surface area contributed by atoms with Gasteiger partial charge < -0.3 is 14.7 Å². The molecule has 1 fully saturated rings. The van der Waals surface area contributed by atoms with Gasteiger partial charge >= 0.3 is 5.97 Å². The Morgan fingerprint density at radius 3 is 2.66 bits per heavy atom. The Balaban J connectivity index is 1.37. The molecule has 0 atom stereocenters. The Labute approximate surface area is 182 Å². The van der Waals surface area contributed by atoms with E-state index in [-0.39, 0.29) is 6.61 Å². The first-order valence-electron chi connectivity index (χ1n) is 9.14. The summed E-state index contributed by atoms with van der Waals surface area (Å²) in [5, 5.41) is 11.1. The molecule has 0 aliphatic carbocycles. The lowest BCUT2D eigenvalue weighted by Crippen LogP contribution is -2.45. The normalized spacial score (nSPS) is 15.0. The van der Waals surface area contributed by atoms with E-state index in [0.717, 1.165) is 58.7 Å². The van der Waals surface area contributed by atoms with Gasteiger partial charge in [-0.15, -0.1) is 0 Å². The van der Waals surface area contributed by atoms with E-state index in [1.807, 2.05) is 30.3 Å². The molecule has 1 aliphatic heterocycles. The van der Waals surface area contributed by atoms with Crippen LogP contribution in [0.5, 0.6) is 5.75 Å². The van der Waals surface area contributed by atoms with Gasteiger partial charge in [-0.05, 0) is 42.0 Å². The molecule has 1 saturated heterocycles. The SMILES string of the molecule is O=C(O)COc1cc(Cl)cc(CN2CCN(c3nc4ccc(Cl)cc4s3)CC2)c1. The highest BCUT2D eigenvalue weighted by molar-refractivity contribution is 7.22. The largest absolute Gasteiger partial charge is 0.482 e. The van der Waals surface area contributed by atoms with Crippen LogP contribution in [0, 0.1) is 0 Å². The molecule has 1 N–H and O–H groups in total. The van der Waals surface area contributed by atoms with Crippen LogP contribution in [0.4, 0.5) is 5.13 Å². The number of hydrogen-bond donors (Lipinski definition) is 1. The lowest BCUT2D eigenvalue weighted by Gasteiger charge is -2.34. The van der Waals surface area contributed by atoms with Gasteiger partial charge in [0.1, 0.15) is 5.75 Å². The van der Waals surface area contributed by atoms with Crippen LogP contribution >= 0.6 is 34.5 Å². The molecule has 2 heterocycles. The number of carbonyl (C=O) groups is 1. The fraction of sp³-hybridized carbons (Fsp3) is 0.300. The molecule has 1 aromatic heterocycles. The number of hydrogen-bond acceptors (Lipinski definition) is 6. The van der Waals surface area contributed by atoms with Gasteiger partial charge in [0, 0.05) is 42.8 Å². The Kier molecular flexibility index (Phi) is 6.10. The molecule has 0 spiro atoms. The predicted molar refractivity (Wildman–Crippen MR) is 117 cm³/mol. The van der Waals surface area contributed by atoms with E-state index in [0.29, 0.717) is 10.8 Å². The van der Waals surface area contributed by atoms with Gasteiger partial charge in [0.15, 0.2) is 11.7 Å². The summed E-state index contributed by atoms with van der Waals surface area (Å²) in [7, 11) is 0. The molecule has 0 amide bonds. The molecular formula is C20H19Cl2N3O3S. The van der Waals surface area contributed by atoms with Crippen LogP contribution in [0.25, 0.3) is 10.2 Å². The number of aromatic nitrogens is 1. The van der Waals surface area contributed by atoms with Crippen LogP contribution in [0.15, 0.2) is 36.4 Å². The van der Waals surface area contributed by atoms with Crippen LogP contribution in [-0.4, -0.2) is 53.7 Å². The molecule has 6 nitrogen and oxygen atoms in total. The van der Waals surface area contributed by atoms with Crippen molar-refractivity contribution < 1.29 is 14.6 Å². The van der Waals surface area contributed by atoms with E-state index in [4.69, 9.17) is 38.0 Å². The quantitative estimate of drug-likeness (QED) is 0.599. The maximum Gasteiger partial charge on any atom is 0.341 e. The van der Waals surface area contributed by atoms with Gasteiger partial charge in [-0.3, -0.25) is 4.90 Å². The molecule has 0 radical (unpaired) electrons. The first-order valence-corrected chi connectivity index (χ1v) is 10.7. The number of piperazine rings is 1. The molecule has 0 saturated carbocycles. The summed E-state index contributed by atoms with van der Waals surface area (Å²) in [6.45, 7) is 3.91. The van der Waals surface area contributed by atoms with Crippen LogP contribution in [0.2, 0.25) is 10.0 Å². The lowest BCUT2D eigenvalue weighted by molar-refractivity contribution is -0.139. The third-order valence-electron chi connectivity index (χ3n) is 4.68. The average Bonchev–Trinajstić information content (AvgIpc) is 3.09. The van der Waals surface area contributed by atoms with Crippen LogP contribution < -0.4 is 9.64 Å². The number of nitrogens with zero attached hydrogens (tertiary/aromatic N) is 3. The monoisotopic (exact) mass is 451 g/mol. The van der Waals surface area contributed by atoms with E-state index < -0.39 is 5.97 Å². The van der Waals surface area contributed by atoms with Crippen molar-refractivity contribution in [3.05, 3.63) is 52.0 Å². The molecule has 0 unspecified atom stereocenters. The number of anilines is 1. The molecule has 2 aromatic carbocycles. The molecule has 152 valence electrons. The first kappa shape index (κ1) is 20.2. The zero-order chi connectivity index (χ0) is 20.4. The van der Waals surface area contributed by atoms with E-state index >= 15 is 0 Å². The topological polar surface area (TPSA) is 65.9 Å². The smallest absolute Gasteiger partial charge is 0.341 e. The summed E-state index contributed by atoms with van der Waals surface area (Å²) in [5.41, 5.74) is 1.98. The zero-order valence-electron chi connectivity index (χ0n) is 15.5. The predicted octanol–water partition coefficient (Wildman–Crippen LogP) is 4.39. The molecule has 9 heteroatoms. The van der Waals surface area contributed by atoms with Crippen LogP contribution in [-0.2, 0) is 11.3 Å². The molecule has 3 aromatic rings. The highest BCUT2D eigenvalue weighted by atomic mass is 35.5. The second kappa shape index (κ2) is 8.75. The number of carboxylic acids is 1. The fourth-order valence-corrected chi connectivity index (χ4v) is 4.86. The van der Waals surface area contributed by atoms with Gasteiger partial charge in [0.05, 0.1) is 10.2 Å². The van der Waals surface area contributed by atoms with Gasteiger partial charge in [-0.2, -0.15) is 0 Å². The number of ether oxygens (including phenoxy) is 1. The van der Waals surface area contributed by atoms with E-state index in [2.05, 4.69) is 9.80 Å². The number of benzene rings is 2. The average molecular weight is 452 g/mol. The number of aliphatic carboxylic acids is 1. The van der Waals surface area contributed by atoms with Crippen molar-refractivity contribution in [3.63, 3.8) is 0 Å². The first-order chi connectivity index (χ1) is 14.0. The summed E-state index contributed by atoms with van der Waals surface area (Å²) in [4.78, 5) is 20.1. The molecule has 4 rings (SSSR count). The number of carboxylic acid groups (broad SMARTS) is 1. The second-order valence-corrected chi connectivity index (χ2v) is 8.73. The summed E-state index contributed by atoms with van der Waals surface area (Å²) in [6, 6.07) is 11.1. The minimum atomic E-state index is -1.01. The summed E-state index contributed by atoms with van der Waals surface area (Å²) >= 11 is 13.9. The van der Waals surface area contributed by atoms with Crippen molar-refractivity contribution in [2.24, 2.45) is 0 Å². The summed E-state index contributed by atoms with van der Waals surface area (Å²) in [5.74, 6) is -0.540. The Morgan fingerprint density at radius 1 is 1.10 bits per heavy atom. The summed E-state index contributed by atoms with van der Waals surface area (Å²) in [6.07, 6.45) is 0. The lowest BCUT2D eigenvalue weighted by atomic mass is 10.2. The number of thiazole rings is 1. The molecule has 1 aliphatic rings. The van der Waals surface area contributed by atoms with E-state index in [1.165, 1.54) is 0 Å². The van der Waals surface area contributed by atoms with Crippen molar-refractivity contribution in [1.29, 1.82) is 0 Å². The van der Waals surface area contributed by atoms with Crippen molar-refractivity contribution >= 4 is 55.9 Å². The fourth-order valence-electron chi connectivity index (χ4n) is 3.32. The van der Waals surface area contributed by atoms with Crippen LogP contribution in [0.3, 0.4) is 0 Å². The zero-order valence-corrected chi connectivity index (χ0v) is 17.8. The van der Waals surface area contributed by atoms with Gasteiger partial charge in [0.2, 0.25) is 0 Å². The van der Waals surface area contributed by atoms with Gasteiger partial charge in [0.25, 0.3) is 0 Å². The maximum atomic E-state index is 10.7. The Bertz CT molecular complexity index is 1030. The molecule has 29 heavy (non-hydrogen) atoms. The Hall–Kier alpha value is -2.06. The highest BCUT2D eigenvalue weighted by Gasteiger charge is 2.20. The Morgan fingerprint density at radius 2 is 1.90 bits per heavy atom. The summed E-state index contributed by atoms with van der Waals surface area (Å²) < 4.78 is 6.36. The van der Waals surface area contributed by atoms with Crippen molar-refractivity contribution in [1.82, 2.24) is 9.88 Å². The molecule has 0 bridgehead atoms. The second-order valence-electron chi connectivity index (χ2n) is 6.85. The molecular weight excluding hydrogens is 433 g/mol.